The van der Waals surface area contributed by atoms with Gasteiger partial charge in [0.1, 0.15) is 0 Å². The number of anilines is 2. The Hall–Kier alpha value is -3.22. The van der Waals surface area contributed by atoms with E-state index in [2.05, 4.69) is 54.1 Å². The van der Waals surface area contributed by atoms with E-state index >= 15 is 0 Å². The third kappa shape index (κ3) is 4.98. The summed E-state index contributed by atoms with van der Waals surface area (Å²) in [5, 5.41) is 3.00. The zero-order valence-corrected chi connectivity index (χ0v) is 19.5. The van der Waals surface area contributed by atoms with E-state index < -0.39 is 0 Å². The lowest BCUT2D eigenvalue weighted by Gasteiger charge is -2.21. The van der Waals surface area contributed by atoms with Crippen LogP contribution in [0.15, 0.2) is 66.2 Å². The summed E-state index contributed by atoms with van der Waals surface area (Å²) in [4.78, 5) is 23.1. The van der Waals surface area contributed by atoms with Gasteiger partial charge < -0.3 is 15.5 Å². The number of nitrogens with two attached hydrogens (primary N) is 1. The summed E-state index contributed by atoms with van der Waals surface area (Å²) in [6, 6.07) is 18.1. The molecule has 0 saturated heterocycles. The molecule has 0 radical (unpaired) electrons. The van der Waals surface area contributed by atoms with Gasteiger partial charge in [-0.25, -0.2) is 0 Å². The quantitative estimate of drug-likeness (QED) is 0.307. The predicted octanol–water partition coefficient (Wildman–Crippen LogP) is 4.97. The molecular formula is C26H28N4OS. The summed E-state index contributed by atoms with van der Waals surface area (Å²) in [6.45, 7) is 1.91. The van der Waals surface area contributed by atoms with Crippen molar-refractivity contribution in [2.24, 2.45) is 0 Å². The highest BCUT2D eigenvalue weighted by Gasteiger charge is 2.13. The Bertz CT molecular complexity index is 1230. The zero-order valence-electron chi connectivity index (χ0n) is 18.7. The number of carbonyl (C=O) groups is 1. The fourth-order valence-corrected chi connectivity index (χ4v) is 4.33. The number of carbonyl (C=O) groups excluding carboxylic acids is 1. The van der Waals surface area contributed by atoms with Gasteiger partial charge in [0.15, 0.2) is 5.78 Å². The number of fused-ring (bicyclic) bond motifs is 1. The first-order valence-electron chi connectivity index (χ1n) is 10.6. The Morgan fingerprint density at radius 1 is 1.03 bits per heavy atom. The first-order valence-corrected chi connectivity index (χ1v) is 11.5. The molecule has 0 spiro atoms. The number of hydrogen-bond donors (Lipinski definition) is 1. The largest absolute Gasteiger partial charge is 0.398 e. The third-order valence-corrected chi connectivity index (χ3v) is 6.53. The molecule has 0 aliphatic heterocycles. The van der Waals surface area contributed by atoms with Crippen molar-refractivity contribution in [2.45, 2.75) is 6.42 Å². The molecular weight excluding hydrogens is 416 g/mol. The maximum absolute atomic E-state index is 13.0. The van der Waals surface area contributed by atoms with Gasteiger partial charge in [0.25, 0.3) is 0 Å². The molecule has 2 heterocycles. The maximum atomic E-state index is 13.0. The fraction of sp³-hybridized carbons (Fsp3) is 0.231. The Morgan fingerprint density at radius 3 is 2.62 bits per heavy atom. The van der Waals surface area contributed by atoms with Gasteiger partial charge in [0.05, 0.1) is 5.52 Å². The molecule has 164 valence electrons. The molecule has 0 aliphatic carbocycles. The van der Waals surface area contributed by atoms with Crippen LogP contribution in [0.25, 0.3) is 21.3 Å². The van der Waals surface area contributed by atoms with Crippen molar-refractivity contribution in [3.05, 3.63) is 77.3 Å². The van der Waals surface area contributed by atoms with Gasteiger partial charge in [-0.15, -0.1) is 11.3 Å². The average Bonchev–Trinajstić information content (AvgIpc) is 3.33. The van der Waals surface area contributed by atoms with Crippen LogP contribution in [-0.2, 0) is 6.42 Å². The van der Waals surface area contributed by atoms with Crippen LogP contribution in [0.2, 0.25) is 0 Å². The molecule has 0 amide bonds. The van der Waals surface area contributed by atoms with E-state index in [1.54, 1.807) is 17.5 Å². The number of thiophene rings is 1. The molecule has 0 bridgehead atoms. The van der Waals surface area contributed by atoms with Gasteiger partial charge in [0.2, 0.25) is 0 Å². The third-order valence-electron chi connectivity index (χ3n) is 5.61. The van der Waals surface area contributed by atoms with Crippen LogP contribution in [0.5, 0.6) is 0 Å². The second-order valence-corrected chi connectivity index (χ2v) is 9.26. The molecule has 32 heavy (non-hydrogen) atoms. The van der Waals surface area contributed by atoms with Crippen LogP contribution in [0.3, 0.4) is 0 Å². The monoisotopic (exact) mass is 444 g/mol. The average molecular weight is 445 g/mol. The molecule has 5 nitrogen and oxygen atoms in total. The van der Waals surface area contributed by atoms with Crippen molar-refractivity contribution >= 4 is 39.4 Å². The lowest BCUT2D eigenvalue weighted by Crippen LogP contribution is -2.28. The highest BCUT2D eigenvalue weighted by molar-refractivity contribution is 7.13. The predicted molar refractivity (Wildman–Crippen MR) is 136 cm³/mol. The fourth-order valence-electron chi connectivity index (χ4n) is 3.61. The molecule has 2 aromatic carbocycles. The standard InChI is InChI=1S/C26H28N4OS/c1-29(2)10-11-30(3)22-8-6-18-13-21(17-28-24(18)16-22)25(31)15-20-14-19(7-9-23(20)27)26-5-4-12-32-26/h4-9,12-14,16-17H,10-11,15,27H2,1-3H3. The number of benzene rings is 2. The first kappa shape index (κ1) is 22.0. The van der Waals surface area contributed by atoms with E-state index in [-0.39, 0.29) is 12.2 Å². The number of nitrogens with zero attached hydrogens (tertiary/aromatic N) is 3. The maximum Gasteiger partial charge on any atom is 0.168 e. The summed E-state index contributed by atoms with van der Waals surface area (Å²) in [6.07, 6.45) is 1.93. The summed E-state index contributed by atoms with van der Waals surface area (Å²) < 4.78 is 0. The number of aromatic nitrogens is 1. The van der Waals surface area contributed by atoms with E-state index in [0.717, 1.165) is 45.7 Å². The molecule has 0 atom stereocenters. The molecule has 0 fully saturated rings. The van der Waals surface area contributed by atoms with Gasteiger partial charge >= 0.3 is 0 Å². The van der Waals surface area contributed by atoms with Crippen molar-refractivity contribution in [2.75, 3.05) is 44.9 Å². The molecule has 0 unspecified atom stereocenters. The minimum atomic E-state index is 0.0154. The van der Waals surface area contributed by atoms with E-state index in [1.807, 2.05) is 41.8 Å². The smallest absolute Gasteiger partial charge is 0.168 e. The van der Waals surface area contributed by atoms with Crippen molar-refractivity contribution in [3.63, 3.8) is 0 Å². The SMILES string of the molecule is CN(C)CCN(C)c1ccc2cc(C(=O)Cc3cc(-c4cccs4)ccc3N)cnc2c1. The Balaban J connectivity index is 1.53. The molecule has 6 heteroatoms. The number of Topliss-reactive ketones (excluding diaryl/α,β-unsaturated/α-hetero) is 1. The van der Waals surface area contributed by atoms with E-state index in [0.29, 0.717) is 11.3 Å². The topological polar surface area (TPSA) is 62.5 Å². The van der Waals surface area contributed by atoms with Crippen LogP contribution in [-0.4, -0.2) is 49.9 Å². The van der Waals surface area contributed by atoms with Gasteiger partial charge in [-0.3, -0.25) is 9.78 Å². The van der Waals surface area contributed by atoms with Crippen LogP contribution < -0.4 is 10.6 Å². The summed E-state index contributed by atoms with van der Waals surface area (Å²) in [5.74, 6) is 0.0154. The number of pyridine rings is 1. The van der Waals surface area contributed by atoms with Gasteiger partial charge in [0, 0.05) is 60.0 Å². The highest BCUT2D eigenvalue weighted by Crippen LogP contribution is 2.28. The Kier molecular flexibility index (Phi) is 6.53. The number of ketones is 1. The van der Waals surface area contributed by atoms with Gasteiger partial charge in [-0.2, -0.15) is 0 Å². The highest BCUT2D eigenvalue weighted by atomic mass is 32.1. The minimum absolute atomic E-state index is 0.0154. The number of likely N-dealkylation sites (N-methyl/N-ethyl adjacent to an activating group) is 2. The molecule has 0 aliphatic rings. The van der Waals surface area contributed by atoms with Crippen LogP contribution in [0, 0.1) is 0 Å². The lowest BCUT2D eigenvalue weighted by atomic mass is 9.99. The number of hydrogen-bond acceptors (Lipinski definition) is 6. The summed E-state index contributed by atoms with van der Waals surface area (Å²) in [5.41, 5.74) is 11.3. The summed E-state index contributed by atoms with van der Waals surface area (Å²) in [7, 11) is 6.22. The Labute approximate surface area is 193 Å². The van der Waals surface area contributed by atoms with Crippen molar-refractivity contribution in [1.29, 1.82) is 0 Å². The minimum Gasteiger partial charge on any atom is -0.398 e. The van der Waals surface area contributed by atoms with Crippen molar-refractivity contribution in [1.82, 2.24) is 9.88 Å². The normalized spacial score (nSPS) is 11.2. The van der Waals surface area contributed by atoms with Crippen LogP contribution in [0.4, 0.5) is 11.4 Å². The molecule has 0 saturated carbocycles. The van der Waals surface area contributed by atoms with E-state index in [1.165, 1.54) is 0 Å². The number of rotatable bonds is 8. The van der Waals surface area contributed by atoms with Crippen molar-refractivity contribution in [3.8, 4) is 10.4 Å². The van der Waals surface area contributed by atoms with E-state index in [9.17, 15) is 4.79 Å². The second-order valence-electron chi connectivity index (χ2n) is 8.32. The van der Waals surface area contributed by atoms with Gasteiger partial charge in [-0.05, 0) is 67.0 Å². The Morgan fingerprint density at radius 2 is 1.88 bits per heavy atom. The number of nitrogen functional groups attached to an aromatic ring is 1. The zero-order chi connectivity index (χ0) is 22.7. The first-order chi connectivity index (χ1) is 15.4. The molecule has 2 N–H and O–H groups in total. The van der Waals surface area contributed by atoms with Crippen molar-refractivity contribution < 1.29 is 4.79 Å². The molecule has 4 aromatic rings. The van der Waals surface area contributed by atoms with Crippen LogP contribution >= 0.6 is 11.3 Å². The lowest BCUT2D eigenvalue weighted by molar-refractivity contribution is 0.0993. The summed E-state index contributed by atoms with van der Waals surface area (Å²) >= 11 is 1.67. The molecule has 4 rings (SSSR count). The van der Waals surface area contributed by atoms with Crippen LogP contribution in [0.1, 0.15) is 15.9 Å². The van der Waals surface area contributed by atoms with E-state index in [4.69, 9.17) is 5.73 Å². The second kappa shape index (κ2) is 9.51. The van der Waals surface area contributed by atoms with Gasteiger partial charge in [-0.1, -0.05) is 18.2 Å². The molecule has 2 aromatic heterocycles.